The normalized spacial score (nSPS) is 26.7. The Bertz CT molecular complexity index is 693. The monoisotopic (exact) mass is 342 g/mol. The number of hydrogen-bond acceptors (Lipinski definition) is 4. The molecule has 25 heavy (non-hydrogen) atoms. The van der Waals surface area contributed by atoms with Crippen LogP contribution in [0, 0.1) is 0 Å². The molecule has 3 aliphatic rings. The third kappa shape index (κ3) is 3.00. The molecule has 0 radical (unpaired) electrons. The molecule has 132 valence electrons. The lowest BCUT2D eigenvalue weighted by molar-refractivity contribution is -0.139. The number of benzene rings is 1. The van der Waals surface area contributed by atoms with Gasteiger partial charge in [0.1, 0.15) is 6.04 Å². The highest BCUT2D eigenvalue weighted by Crippen LogP contribution is 2.24. The van der Waals surface area contributed by atoms with Gasteiger partial charge in [-0.3, -0.25) is 19.8 Å². The fourth-order valence-corrected chi connectivity index (χ4v) is 4.03. The predicted octanol–water partition coefficient (Wildman–Crippen LogP) is 0.414. The quantitative estimate of drug-likeness (QED) is 0.808. The molecule has 7 nitrogen and oxygen atoms in total. The second kappa shape index (κ2) is 6.48. The number of likely N-dealkylation sites (tertiary alicyclic amines) is 1. The van der Waals surface area contributed by atoms with E-state index in [9.17, 15) is 14.4 Å². The number of imide groups is 1. The van der Waals surface area contributed by atoms with Crippen molar-refractivity contribution in [1.82, 2.24) is 20.0 Å². The molecule has 0 spiro atoms. The summed E-state index contributed by atoms with van der Waals surface area (Å²) in [6.45, 7) is 2.88. The predicted molar refractivity (Wildman–Crippen MR) is 90.5 cm³/mol. The molecule has 0 aliphatic carbocycles. The number of nitrogens with zero attached hydrogens (tertiary/aromatic N) is 3. The molecule has 2 unspecified atom stereocenters. The zero-order valence-electron chi connectivity index (χ0n) is 14.1. The number of carbonyl (C=O) groups excluding carboxylic acids is 3. The summed E-state index contributed by atoms with van der Waals surface area (Å²) in [6, 6.07) is 9.16. The number of carbonyl (C=O) groups is 3. The highest BCUT2D eigenvalue weighted by atomic mass is 16.2. The van der Waals surface area contributed by atoms with Crippen LogP contribution in [0.25, 0.3) is 0 Å². The smallest absolute Gasteiger partial charge is 0.324 e. The van der Waals surface area contributed by atoms with E-state index in [0.717, 1.165) is 25.9 Å². The van der Waals surface area contributed by atoms with Gasteiger partial charge in [0.05, 0.1) is 12.6 Å². The van der Waals surface area contributed by atoms with Crippen LogP contribution in [0.1, 0.15) is 18.4 Å². The van der Waals surface area contributed by atoms with Crippen molar-refractivity contribution in [3.8, 4) is 0 Å². The van der Waals surface area contributed by atoms with Crippen molar-refractivity contribution in [3.63, 3.8) is 0 Å². The highest BCUT2D eigenvalue weighted by molar-refractivity contribution is 6.04. The van der Waals surface area contributed by atoms with Gasteiger partial charge in [0.2, 0.25) is 5.91 Å². The first kappa shape index (κ1) is 16.1. The molecule has 3 aliphatic heterocycles. The van der Waals surface area contributed by atoms with Gasteiger partial charge in [-0.05, 0) is 24.9 Å². The number of urea groups is 1. The lowest BCUT2D eigenvalue weighted by Gasteiger charge is -2.38. The Kier molecular flexibility index (Phi) is 4.17. The summed E-state index contributed by atoms with van der Waals surface area (Å²) < 4.78 is 0. The minimum Gasteiger partial charge on any atom is -0.337 e. The average molecular weight is 342 g/mol. The van der Waals surface area contributed by atoms with E-state index in [1.807, 2.05) is 18.2 Å². The third-order valence-electron chi connectivity index (χ3n) is 5.36. The van der Waals surface area contributed by atoms with Crippen molar-refractivity contribution in [1.29, 1.82) is 0 Å². The van der Waals surface area contributed by atoms with Gasteiger partial charge in [0, 0.05) is 19.6 Å². The van der Waals surface area contributed by atoms with Crippen LogP contribution < -0.4 is 5.32 Å². The van der Waals surface area contributed by atoms with Gasteiger partial charge in [0.25, 0.3) is 5.91 Å². The fourth-order valence-electron chi connectivity index (χ4n) is 4.03. The van der Waals surface area contributed by atoms with E-state index in [1.54, 1.807) is 4.90 Å². The van der Waals surface area contributed by atoms with Crippen molar-refractivity contribution in [2.45, 2.75) is 31.5 Å². The molecule has 0 bridgehead atoms. The van der Waals surface area contributed by atoms with Crippen molar-refractivity contribution in [2.24, 2.45) is 0 Å². The number of nitrogens with one attached hydrogen (secondary N) is 1. The van der Waals surface area contributed by atoms with Crippen molar-refractivity contribution < 1.29 is 14.4 Å². The van der Waals surface area contributed by atoms with Crippen molar-refractivity contribution in [2.75, 3.05) is 26.2 Å². The molecule has 4 amide bonds. The zero-order chi connectivity index (χ0) is 17.4. The van der Waals surface area contributed by atoms with E-state index in [2.05, 4.69) is 22.3 Å². The molecule has 3 fully saturated rings. The molecule has 7 heteroatoms. The summed E-state index contributed by atoms with van der Waals surface area (Å²) in [4.78, 5) is 42.1. The van der Waals surface area contributed by atoms with Crippen LogP contribution in [0.5, 0.6) is 0 Å². The number of amides is 4. The largest absolute Gasteiger partial charge is 0.337 e. The van der Waals surface area contributed by atoms with Crippen LogP contribution in [0.3, 0.4) is 0 Å². The molecule has 1 N–H and O–H groups in total. The van der Waals surface area contributed by atoms with Crippen molar-refractivity contribution >= 4 is 17.8 Å². The summed E-state index contributed by atoms with van der Waals surface area (Å²) in [5, 5.41) is 2.33. The van der Waals surface area contributed by atoms with Crippen LogP contribution >= 0.6 is 0 Å². The Hall–Kier alpha value is -2.41. The van der Waals surface area contributed by atoms with E-state index in [4.69, 9.17) is 0 Å². The number of hydrogen-bond donors (Lipinski definition) is 1. The molecule has 2 atom stereocenters. The van der Waals surface area contributed by atoms with Gasteiger partial charge in [-0.1, -0.05) is 30.3 Å². The van der Waals surface area contributed by atoms with Gasteiger partial charge in [-0.25, -0.2) is 4.79 Å². The second-order valence-corrected chi connectivity index (χ2v) is 6.90. The summed E-state index contributed by atoms with van der Waals surface area (Å²) in [7, 11) is 0. The van der Waals surface area contributed by atoms with E-state index in [0.29, 0.717) is 19.6 Å². The lowest BCUT2D eigenvalue weighted by atomic mass is 10.1. The summed E-state index contributed by atoms with van der Waals surface area (Å²) in [6.07, 6.45) is 1.85. The standard InChI is InChI=1S/C18H22N4O3/c23-16-15-12-21(9-10-22(15)18(25)19-16)17(24)14-7-4-8-20(14)11-13-5-2-1-3-6-13/h1-3,5-6,14-15H,4,7-12H2,(H,19,23,25). The molecule has 0 saturated carbocycles. The second-order valence-electron chi connectivity index (χ2n) is 6.90. The van der Waals surface area contributed by atoms with Gasteiger partial charge in [0.15, 0.2) is 0 Å². The van der Waals surface area contributed by atoms with Gasteiger partial charge < -0.3 is 9.80 Å². The highest BCUT2D eigenvalue weighted by Gasteiger charge is 2.44. The molecular formula is C18H22N4O3. The minimum absolute atomic E-state index is 0.0835. The molecule has 3 heterocycles. The van der Waals surface area contributed by atoms with E-state index < -0.39 is 6.04 Å². The van der Waals surface area contributed by atoms with Gasteiger partial charge in [-0.2, -0.15) is 0 Å². The van der Waals surface area contributed by atoms with Crippen LogP contribution in [0.2, 0.25) is 0 Å². The summed E-state index contributed by atoms with van der Waals surface area (Å²) >= 11 is 0. The Morgan fingerprint density at radius 1 is 1.12 bits per heavy atom. The van der Waals surface area contributed by atoms with Crippen molar-refractivity contribution in [3.05, 3.63) is 35.9 Å². The molecule has 1 aromatic rings. The maximum Gasteiger partial charge on any atom is 0.324 e. The van der Waals surface area contributed by atoms with Crippen LogP contribution in [-0.4, -0.2) is 70.8 Å². The maximum atomic E-state index is 13.0. The Labute approximate surface area is 146 Å². The molecule has 3 saturated heterocycles. The zero-order valence-corrected chi connectivity index (χ0v) is 14.1. The third-order valence-corrected chi connectivity index (χ3v) is 5.36. The minimum atomic E-state index is -0.533. The maximum absolute atomic E-state index is 13.0. The first-order valence-corrected chi connectivity index (χ1v) is 8.82. The Balaban J connectivity index is 1.43. The average Bonchev–Trinajstić information content (AvgIpc) is 3.20. The first-order valence-electron chi connectivity index (χ1n) is 8.82. The molecule has 0 aromatic heterocycles. The lowest BCUT2D eigenvalue weighted by Crippen LogP contribution is -2.57. The van der Waals surface area contributed by atoms with Crippen LogP contribution in [0.4, 0.5) is 4.79 Å². The Morgan fingerprint density at radius 2 is 1.92 bits per heavy atom. The Morgan fingerprint density at radius 3 is 2.72 bits per heavy atom. The molecular weight excluding hydrogens is 320 g/mol. The van der Waals surface area contributed by atoms with E-state index >= 15 is 0 Å². The topological polar surface area (TPSA) is 73.0 Å². The van der Waals surface area contributed by atoms with Gasteiger partial charge >= 0.3 is 6.03 Å². The van der Waals surface area contributed by atoms with Crippen LogP contribution in [0.15, 0.2) is 30.3 Å². The van der Waals surface area contributed by atoms with E-state index in [1.165, 1.54) is 10.5 Å². The summed E-state index contributed by atoms with van der Waals surface area (Å²) in [5.41, 5.74) is 1.20. The summed E-state index contributed by atoms with van der Waals surface area (Å²) in [5.74, 6) is -0.213. The number of piperazine rings is 1. The van der Waals surface area contributed by atoms with E-state index in [-0.39, 0.29) is 23.9 Å². The SMILES string of the molecule is O=C1NC(=O)N2CCN(C(=O)C3CCCN3Cc3ccccc3)CC12. The first-order chi connectivity index (χ1) is 12.1. The molecule has 1 aromatic carbocycles. The number of fused-ring (bicyclic) bond motifs is 1. The van der Waals surface area contributed by atoms with Crippen LogP contribution in [-0.2, 0) is 16.1 Å². The number of rotatable bonds is 3. The fraction of sp³-hybridized carbons (Fsp3) is 0.500. The van der Waals surface area contributed by atoms with Gasteiger partial charge in [-0.15, -0.1) is 0 Å². The molecule has 4 rings (SSSR count).